The van der Waals surface area contributed by atoms with Crippen molar-refractivity contribution in [3.8, 4) is 0 Å². The fourth-order valence-electron chi connectivity index (χ4n) is 5.11. The van der Waals surface area contributed by atoms with Crippen LogP contribution in [0.4, 0.5) is 0 Å². The smallest absolute Gasteiger partial charge is 0.311 e. The molecule has 1 aromatic rings. The lowest BCUT2D eigenvalue weighted by atomic mass is 9.85. The molecule has 40 heavy (non-hydrogen) atoms. The van der Waals surface area contributed by atoms with Gasteiger partial charge in [-0.05, 0) is 40.0 Å². The monoisotopic (exact) mass is 674 g/mol. The van der Waals surface area contributed by atoms with Crippen LogP contribution in [0.5, 0.6) is 0 Å². The molecule has 0 saturated carbocycles. The van der Waals surface area contributed by atoms with Crippen molar-refractivity contribution in [1.82, 2.24) is 0 Å². The Kier molecular flexibility index (Phi) is 15.9. The predicted octanol–water partition coefficient (Wildman–Crippen LogP) is 6.45. The van der Waals surface area contributed by atoms with Gasteiger partial charge in [-0.15, -0.1) is 0 Å². The molecule has 0 aliphatic carbocycles. The van der Waals surface area contributed by atoms with Crippen LogP contribution in [0.15, 0.2) is 52.1 Å². The van der Waals surface area contributed by atoms with Gasteiger partial charge < -0.3 is 33.2 Å². The van der Waals surface area contributed by atoms with Crippen LogP contribution >= 0.6 is 22.6 Å². The number of allylic oxidation sites excluding steroid dienone is 1. The highest BCUT2D eigenvalue weighted by Gasteiger charge is 2.43. The molecule has 9 atom stereocenters. The molecule has 0 spiro atoms. The van der Waals surface area contributed by atoms with Gasteiger partial charge in [0.15, 0.2) is 6.29 Å². The zero-order valence-electron chi connectivity index (χ0n) is 25.1. The van der Waals surface area contributed by atoms with E-state index in [1.807, 2.05) is 44.2 Å². The molecule has 0 amide bonds. The van der Waals surface area contributed by atoms with E-state index in [0.29, 0.717) is 6.42 Å². The molecule has 1 heterocycles. The third-order valence-corrected chi connectivity index (χ3v) is 7.58. The SMILES string of the molecule is COCO[C@@H]([C@@H](C)/C=C\[C@H](C[C@@H]1O[C@H](c2ccccc2)O[C@H]([C@@H](C)C(=O)OC)[C@H]1C)OCOC)[C@@H](C)/C=C(/C)I. The number of ether oxygens (including phenoxy) is 7. The maximum atomic E-state index is 12.5. The van der Waals surface area contributed by atoms with Gasteiger partial charge in [0, 0.05) is 44.0 Å². The number of benzene rings is 1. The molecule has 1 saturated heterocycles. The van der Waals surface area contributed by atoms with Gasteiger partial charge in [-0.1, -0.05) is 69.3 Å². The van der Waals surface area contributed by atoms with Crippen molar-refractivity contribution in [2.24, 2.45) is 23.7 Å². The second kappa shape index (κ2) is 18.3. The van der Waals surface area contributed by atoms with Gasteiger partial charge in [0.2, 0.25) is 0 Å². The van der Waals surface area contributed by atoms with Crippen LogP contribution in [0.3, 0.4) is 0 Å². The highest BCUT2D eigenvalue weighted by Crippen LogP contribution is 2.38. The van der Waals surface area contributed by atoms with E-state index in [1.54, 1.807) is 14.2 Å². The summed E-state index contributed by atoms with van der Waals surface area (Å²) in [7, 11) is 4.63. The number of esters is 1. The number of halogens is 1. The maximum absolute atomic E-state index is 12.5. The highest BCUT2D eigenvalue weighted by atomic mass is 127. The summed E-state index contributed by atoms with van der Waals surface area (Å²) < 4.78 is 41.7. The van der Waals surface area contributed by atoms with E-state index < -0.39 is 18.3 Å². The predicted molar refractivity (Wildman–Crippen MR) is 163 cm³/mol. The molecular weight excluding hydrogens is 627 g/mol. The van der Waals surface area contributed by atoms with Crippen molar-refractivity contribution < 1.29 is 38.0 Å². The molecule has 0 aromatic heterocycles. The number of rotatable bonds is 16. The summed E-state index contributed by atoms with van der Waals surface area (Å²) in [6, 6.07) is 9.76. The van der Waals surface area contributed by atoms with Crippen molar-refractivity contribution in [2.45, 2.75) is 71.7 Å². The first kappa shape index (κ1) is 34.9. The fourth-order valence-corrected chi connectivity index (χ4v) is 5.67. The van der Waals surface area contributed by atoms with Gasteiger partial charge in [0.05, 0.1) is 37.4 Å². The topological polar surface area (TPSA) is 81.7 Å². The zero-order valence-corrected chi connectivity index (χ0v) is 27.2. The van der Waals surface area contributed by atoms with Crippen LogP contribution in [0, 0.1) is 23.7 Å². The van der Waals surface area contributed by atoms with Crippen LogP contribution in [-0.2, 0) is 38.0 Å². The molecule has 1 aliphatic heterocycles. The Balaban J connectivity index is 2.29. The fraction of sp³-hybridized carbons (Fsp3) is 0.645. The molecule has 9 heteroatoms. The highest BCUT2D eigenvalue weighted by molar-refractivity contribution is 14.1. The largest absolute Gasteiger partial charge is 0.469 e. The van der Waals surface area contributed by atoms with Crippen molar-refractivity contribution in [2.75, 3.05) is 34.9 Å². The van der Waals surface area contributed by atoms with Gasteiger partial charge in [0.1, 0.15) is 13.6 Å². The Hall–Kier alpha value is -1.34. The number of methoxy groups -OCH3 is 3. The molecule has 1 aromatic carbocycles. The van der Waals surface area contributed by atoms with E-state index in [-0.39, 0.29) is 55.6 Å². The van der Waals surface area contributed by atoms with Gasteiger partial charge in [-0.2, -0.15) is 0 Å². The van der Waals surface area contributed by atoms with Gasteiger partial charge in [-0.25, -0.2) is 0 Å². The second-order valence-corrected chi connectivity index (χ2v) is 12.1. The first-order chi connectivity index (χ1) is 19.1. The van der Waals surface area contributed by atoms with Gasteiger partial charge in [-0.3, -0.25) is 4.79 Å². The number of carbonyl (C=O) groups is 1. The third kappa shape index (κ3) is 10.8. The summed E-state index contributed by atoms with van der Waals surface area (Å²) in [6.45, 7) is 10.6. The summed E-state index contributed by atoms with van der Waals surface area (Å²) in [5, 5.41) is 0. The number of hydrogen-bond acceptors (Lipinski definition) is 8. The van der Waals surface area contributed by atoms with E-state index in [2.05, 4.69) is 61.6 Å². The Labute approximate surface area is 253 Å². The molecule has 0 radical (unpaired) electrons. The molecule has 8 nitrogen and oxygen atoms in total. The second-order valence-electron chi connectivity index (χ2n) is 10.4. The average Bonchev–Trinajstić information content (AvgIpc) is 2.94. The molecule has 226 valence electrons. The lowest BCUT2D eigenvalue weighted by molar-refractivity contribution is -0.284. The Morgan fingerprint density at radius 1 is 0.975 bits per heavy atom. The molecule has 1 fully saturated rings. The Morgan fingerprint density at radius 3 is 2.23 bits per heavy atom. The lowest BCUT2D eigenvalue weighted by Gasteiger charge is -2.43. The molecular formula is C31H47IO8. The van der Waals surface area contributed by atoms with E-state index in [9.17, 15) is 4.79 Å². The van der Waals surface area contributed by atoms with Gasteiger partial charge in [0.25, 0.3) is 0 Å². The summed E-state index contributed by atoms with van der Waals surface area (Å²) in [5.41, 5.74) is 0.894. The maximum Gasteiger partial charge on any atom is 0.311 e. The van der Waals surface area contributed by atoms with E-state index in [4.69, 9.17) is 33.2 Å². The standard InChI is InChI=1S/C31H47IO8/c1-20(28(38-19-35-7)21(2)16-22(3)32)14-15-26(37-18-34-6)17-27-23(4)29(24(5)30(33)36-8)40-31(39-27)25-12-10-9-11-13-25/h9-16,20-21,23-24,26-29,31H,17-19H2,1-8H3/b15-14-,22-16-/t20-,21-,23-,24+,26+,27-,28-,29-,31-/m0/s1. The van der Waals surface area contributed by atoms with Crippen LogP contribution in [-0.4, -0.2) is 65.3 Å². The van der Waals surface area contributed by atoms with Crippen molar-refractivity contribution in [3.05, 3.63) is 57.7 Å². The zero-order chi connectivity index (χ0) is 29.7. The molecule has 2 rings (SSSR count). The number of hydrogen-bond donors (Lipinski definition) is 0. The quantitative estimate of drug-likeness (QED) is 0.0857. The first-order valence-electron chi connectivity index (χ1n) is 13.8. The summed E-state index contributed by atoms with van der Waals surface area (Å²) in [4.78, 5) is 12.5. The molecule has 1 aliphatic rings. The van der Waals surface area contributed by atoms with Crippen LogP contribution < -0.4 is 0 Å². The lowest BCUT2D eigenvalue weighted by Crippen LogP contribution is -2.47. The Bertz CT molecular complexity index is 919. The van der Waals surface area contributed by atoms with Crippen LogP contribution in [0.1, 0.15) is 52.9 Å². The minimum absolute atomic E-state index is 0.0741. The average molecular weight is 675 g/mol. The minimum atomic E-state index is -0.610. The first-order valence-corrected chi connectivity index (χ1v) is 14.9. The van der Waals surface area contributed by atoms with Gasteiger partial charge >= 0.3 is 5.97 Å². The molecule has 0 bridgehead atoms. The normalized spacial score (nSPS) is 25.8. The van der Waals surface area contributed by atoms with Crippen LogP contribution in [0.2, 0.25) is 0 Å². The van der Waals surface area contributed by atoms with Crippen LogP contribution in [0.25, 0.3) is 0 Å². The van der Waals surface area contributed by atoms with E-state index >= 15 is 0 Å². The Morgan fingerprint density at radius 2 is 1.62 bits per heavy atom. The van der Waals surface area contributed by atoms with Crippen molar-refractivity contribution in [1.29, 1.82) is 0 Å². The summed E-state index contributed by atoms with van der Waals surface area (Å²) in [5.74, 6) is -0.583. The van der Waals surface area contributed by atoms with Crippen molar-refractivity contribution >= 4 is 28.6 Å². The minimum Gasteiger partial charge on any atom is -0.469 e. The van der Waals surface area contributed by atoms with E-state index in [0.717, 1.165) is 5.56 Å². The molecule has 0 N–H and O–H groups in total. The summed E-state index contributed by atoms with van der Waals surface area (Å²) >= 11 is 2.32. The van der Waals surface area contributed by atoms with Crippen molar-refractivity contribution in [3.63, 3.8) is 0 Å². The third-order valence-electron chi connectivity index (χ3n) is 7.22. The summed E-state index contributed by atoms with van der Waals surface area (Å²) in [6.07, 6.45) is 5.32. The van der Waals surface area contributed by atoms with E-state index in [1.165, 1.54) is 10.7 Å². The number of carbonyl (C=O) groups excluding carboxylic acids is 1. The molecule has 0 unspecified atom stereocenters.